The lowest BCUT2D eigenvalue weighted by atomic mass is 10.1. The number of carbonyl (C=O) groups is 1. The molecule has 0 fully saturated rings. The van der Waals surface area contributed by atoms with Crippen LogP contribution in [0.2, 0.25) is 0 Å². The van der Waals surface area contributed by atoms with Crippen molar-refractivity contribution in [2.24, 2.45) is 0 Å². The van der Waals surface area contributed by atoms with E-state index >= 15 is 0 Å². The lowest BCUT2D eigenvalue weighted by Crippen LogP contribution is -2.02. The Morgan fingerprint density at radius 3 is 2.54 bits per heavy atom. The van der Waals surface area contributed by atoms with Gasteiger partial charge in [0.05, 0.1) is 12.6 Å². The zero-order valence-corrected chi connectivity index (χ0v) is 14.7. The lowest BCUT2D eigenvalue weighted by molar-refractivity contribution is 0.104. The average molecular weight is 374 g/mol. The molecule has 2 N–H and O–H groups in total. The molecule has 0 amide bonds. The number of allylic oxidation sites excluding steroid dienone is 1. The monoisotopic (exact) mass is 374 g/mol. The van der Waals surface area contributed by atoms with E-state index < -0.39 is 11.0 Å². The number of nitrogens with zero attached hydrogens (tertiary/aromatic N) is 2. The number of ether oxygens (including phenoxy) is 1. The van der Waals surface area contributed by atoms with Crippen LogP contribution in [0.1, 0.15) is 15.9 Å². The topological polar surface area (TPSA) is 118 Å². The van der Waals surface area contributed by atoms with Crippen molar-refractivity contribution in [2.45, 2.75) is 0 Å². The van der Waals surface area contributed by atoms with Crippen LogP contribution in [0.4, 0.5) is 0 Å². The van der Waals surface area contributed by atoms with Gasteiger partial charge >= 0.3 is 0 Å². The molecule has 2 aromatic heterocycles. The van der Waals surface area contributed by atoms with Gasteiger partial charge in [-0.15, -0.1) is 0 Å². The molecular formula is C20H14N4O4. The summed E-state index contributed by atoms with van der Waals surface area (Å²) in [6.45, 7) is 0. The van der Waals surface area contributed by atoms with E-state index in [9.17, 15) is 14.4 Å². The molecule has 8 nitrogen and oxygen atoms in total. The van der Waals surface area contributed by atoms with E-state index in [0.29, 0.717) is 27.8 Å². The van der Waals surface area contributed by atoms with Crippen molar-refractivity contribution < 1.29 is 9.53 Å². The standard InChI is InChI=1S/C20H14N4O4/c1-28-13-6-4-12(5-7-13)16(25)9-3-11-2-8-14-15(10-11)21-20(27)18-17(19(14)26)22-24-23-18/h2-10H,1H3,(H,21,27)(H,22,23,24). The zero-order chi connectivity index (χ0) is 19.7. The summed E-state index contributed by atoms with van der Waals surface area (Å²) in [5.41, 5.74) is 0.527. The number of ketones is 1. The van der Waals surface area contributed by atoms with E-state index in [0.717, 1.165) is 0 Å². The number of benzene rings is 2. The molecule has 2 heterocycles. The predicted octanol–water partition coefficient (Wildman–Crippen LogP) is 2.06. The average Bonchev–Trinajstić information content (AvgIpc) is 3.18. The first-order chi connectivity index (χ1) is 13.6. The van der Waals surface area contributed by atoms with Crippen molar-refractivity contribution in [3.05, 3.63) is 80.2 Å². The van der Waals surface area contributed by atoms with Crippen LogP contribution in [-0.4, -0.2) is 33.3 Å². The smallest absolute Gasteiger partial charge is 0.278 e. The maximum atomic E-state index is 12.6. The summed E-state index contributed by atoms with van der Waals surface area (Å²) in [6, 6.07) is 11.7. The summed E-state index contributed by atoms with van der Waals surface area (Å²) in [5, 5.41) is 10.1. The molecule has 4 rings (SSSR count). The van der Waals surface area contributed by atoms with Gasteiger partial charge in [-0.2, -0.15) is 15.4 Å². The molecule has 0 aliphatic heterocycles. The third-order valence-corrected chi connectivity index (χ3v) is 4.32. The van der Waals surface area contributed by atoms with Gasteiger partial charge in [-0.05, 0) is 48.0 Å². The minimum Gasteiger partial charge on any atom is -0.497 e. The Morgan fingerprint density at radius 1 is 1.04 bits per heavy atom. The van der Waals surface area contributed by atoms with Gasteiger partial charge < -0.3 is 9.72 Å². The van der Waals surface area contributed by atoms with Crippen molar-refractivity contribution in [3.63, 3.8) is 0 Å². The molecule has 138 valence electrons. The molecule has 0 spiro atoms. The van der Waals surface area contributed by atoms with Gasteiger partial charge in [0.2, 0.25) is 5.43 Å². The van der Waals surface area contributed by atoms with Gasteiger partial charge in [-0.1, -0.05) is 12.1 Å². The van der Waals surface area contributed by atoms with E-state index in [1.165, 1.54) is 6.08 Å². The van der Waals surface area contributed by atoms with Crippen LogP contribution >= 0.6 is 0 Å². The third-order valence-electron chi connectivity index (χ3n) is 4.32. The van der Waals surface area contributed by atoms with E-state index in [-0.39, 0.29) is 16.8 Å². The summed E-state index contributed by atoms with van der Waals surface area (Å²) in [4.78, 5) is 39.7. The van der Waals surface area contributed by atoms with Crippen LogP contribution in [-0.2, 0) is 0 Å². The molecule has 4 aromatic rings. The number of methoxy groups -OCH3 is 1. The molecule has 8 heteroatoms. The highest BCUT2D eigenvalue weighted by atomic mass is 16.5. The summed E-state index contributed by atoms with van der Waals surface area (Å²) in [7, 11) is 1.56. The Bertz CT molecular complexity index is 1350. The van der Waals surface area contributed by atoms with Crippen molar-refractivity contribution in [1.82, 2.24) is 20.4 Å². The van der Waals surface area contributed by atoms with Crippen LogP contribution in [0.15, 0.2) is 58.1 Å². The first-order valence-electron chi connectivity index (χ1n) is 8.34. The van der Waals surface area contributed by atoms with Crippen LogP contribution < -0.4 is 15.7 Å². The SMILES string of the molecule is COc1ccc(C(=O)C=Cc2ccc3c(=O)c4n[nH]nc4c(=O)[nH]c3c2)cc1. The van der Waals surface area contributed by atoms with Crippen LogP contribution in [0.3, 0.4) is 0 Å². The highest BCUT2D eigenvalue weighted by Gasteiger charge is 2.10. The highest BCUT2D eigenvalue weighted by molar-refractivity contribution is 6.07. The number of carbonyl (C=O) groups excluding carboxylic acids is 1. The molecule has 2 aromatic carbocycles. The minimum atomic E-state index is -0.522. The number of H-pyrrole nitrogens is 2. The number of hydrogen-bond acceptors (Lipinski definition) is 6. The van der Waals surface area contributed by atoms with Crippen molar-refractivity contribution in [1.29, 1.82) is 0 Å². The Kier molecular flexibility index (Phi) is 4.29. The molecule has 0 unspecified atom stereocenters. The van der Waals surface area contributed by atoms with Crippen LogP contribution in [0, 0.1) is 0 Å². The first-order valence-corrected chi connectivity index (χ1v) is 8.34. The quantitative estimate of drug-likeness (QED) is 0.417. The van der Waals surface area contributed by atoms with Crippen molar-refractivity contribution >= 4 is 33.8 Å². The molecular weight excluding hydrogens is 360 g/mol. The van der Waals surface area contributed by atoms with E-state index in [1.807, 2.05) is 0 Å². The fourth-order valence-corrected chi connectivity index (χ4v) is 2.85. The van der Waals surface area contributed by atoms with E-state index in [2.05, 4.69) is 20.4 Å². The van der Waals surface area contributed by atoms with E-state index in [4.69, 9.17) is 4.74 Å². The molecule has 28 heavy (non-hydrogen) atoms. The van der Waals surface area contributed by atoms with Crippen LogP contribution in [0.25, 0.3) is 28.0 Å². The zero-order valence-electron chi connectivity index (χ0n) is 14.7. The summed E-state index contributed by atoms with van der Waals surface area (Å²) in [6.07, 6.45) is 3.04. The lowest BCUT2D eigenvalue weighted by Gasteiger charge is -2.00. The maximum absolute atomic E-state index is 12.6. The second-order valence-electron chi connectivity index (χ2n) is 6.04. The molecule has 0 saturated carbocycles. The number of rotatable bonds is 4. The van der Waals surface area contributed by atoms with Gasteiger partial charge in [-0.25, -0.2) is 0 Å². The Morgan fingerprint density at radius 2 is 1.79 bits per heavy atom. The Hall–Kier alpha value is -4.07. The van der Waals surface area contributed by atoms with Crippen molar-refractivity contribution in [3.8, 4) is 5.75 Å². The summed E-state index contributed by atoms with van der Waals surface area (Å²) in [5.74, 6) is 0.489. The predicted molar refractivity (Wildman–Crippen MR) is 105 cm³/mol. The second-order valence-corrected chi connectivity index (χ2v) is 6.04. The molecule has 0 atom stereocenters. The number of fused-ring (bicyclic) bond motifs is 2. The highest BCUT2D eigenvalue weighted by Crippen LogP contribution is 2.14. The molecule has 0 bridgehead atoms. The normalized spacial score (nSPS) is 11.3. The number of nitrogens with one attached hydrogen (secondary N) is 2. The maximum Gasteiger partial charge on any atom is 0.278 e. The molecule has 0 radical (unpaired) electrons. The summed E-state index contributed by atoms with van der Waals surface area (Å²) < 4.78 is 5.07. The molecule has 0 saturated heterocycles. The van der Waals surface area contributed by atoms with Gasteiger partial charge in [-0.3, -0.25) is 14.4 Å². The minimum absolute atomic E-state index is 0.0192. The molecule has 0 aliphatic carbocycles. The van der Waals surface area contributed by atoms with Gasteiger partial charge in [0.1, 0.15) is 5.75 Å². The fraction of sp³-hybridized carbons (Fsp3) is 0.0500. The first kappa shape index (κ1) is 17.3. The van der Waals surface area contributed by atoms with Gasteiger partial charge in [0.25, 0.3) is 5.56 Å². The number of hydrogen-bond donors (Lipinski definition) is 2. The number of aromatic amines is 2. The van der Waals surface area contributed by atoms with E-state index in [1.54, 1.807) is 55.7 Å². The Labute approximate surface area is 157 Å². The van der Waals surface area contributed by atoms with Crippen molar-refractivity contribution in [2.75, 3.05) is 7.11 Å². The van der Waals surface area contributed by atoms with Gasteiger partial charge in [0, 0.05) is 10.9 Å². The largest absolute Gasteiger partial charge is 0.497 e. The third kappa shape index (κ3) is 3.07. The number of aromatic nitrogens is 4. The second kappa shape index (κ2) is 6.92. The summed E-state index contributed by atoms with van der Waals surface area (Å²) >= 11 is 0. The molecule has 0 aliphatic rings. The van der Waals surface area contributed by atoms with Gasteiger partial charge in [0.15, 0.2) is 16.8 Å². The van der Waals surface area contributed by atoms with Crippen LogP contribution in [0.5, 0.6) is 5.75 Å². The fourth-order valence-electron chi connectivity index (χ4n) is 2.85. The Balaban J connectivity index is 1.72.